The first-order chi connectivity index (χ1) is 11.2. The molecule has 2 aromatic rings. The van der Waals surface area contributed by atoms with Gasteiger partial charge in [-0.3, -0.25) is 14.7 Å². The van der Waals surface area contributed by atoms with E-state index in [-0.39, 0.29) is 11.4 Å². The van der Waals surface area contributed by atoms with Crippen LogP contribution in [-0.4, -0.2) is 37.1 Å². The highest BCUT2D eigenvalue weighted by molar-refractivity contribution is 5.88. The van der Waals surface area contributed by atoms with Crippen LogP contribution in [0.5, 0.6) is 0 Å². The molecule has 0 bridgehead atoms. The van der Waals surface area contributed by atoms with E-state index in [0.717, 1.165) is 30.3 Å². The molecule has 2 heterocycles. The molecule has 132 valence electrons. The first-order valence-electron chi connectivity index (χ1n) is 8.14. The van der Waals surface area contributed by atoms with Gasteiger partial charge < -0.3 is 5.32 Å². The Morgan fingerprint density at radius 3 is 2.50 bits per heavy atom. The number of carbonyl (C=O) groups is 1. The van der Waals surface area contributed by atoms with Gasteiger partial charge in [0.2, 0.25) is 0 Å². The van der Waals surface area contributed by atoms with Crippen molar-refractivity contribution >= 4 is 11.8 Å². The lowest BCUT2D eigenvalue weighted by Gasteiger charge is -2.13. The van der Waals surface area contributed by atoms with Gasteiger partial charge in [0.1, 0.15) is 17.5 Å². The molecular weight excluding hydrogens is 306 g/mol. The second-order valence-corrected chi connectivity index (χ2v) is 6.95. The second kappa shape index (κ2) is 7.02. The Balaban J connectivity index is 1.79. The lowest BCUT2D eigenvalue weighted by molar-refractivity contribution is 0.251. The number of nitrogens with one attached hydrogen (secondary N) is 2. The zero-order chi connectivity index (χ0) is 17.9. The van der Waals surface area contributed by atoms with E-state index in [4.69, 9.17) is 0 Å². The number of anilines is 1. The summed E-state index contributed by atoms with van der Waals surface area (Å²) in [5.74, 6) is 2.34. The monoisotopic (exact) mass is 333 g/mol. The van der Waals surface area contributed by atoms with Crippen molar-refractivity contribution in [3.8, 4) is 0 Å². The van der Waals surface area contributed by atoms with Crippen LogP contribution in [0.1, 0.15) is 44.5 Å². The first kappa shape index (κ1) is 18.0. The molecular formula is C16H27N7O. The van der Waals surface area contributed by atoms with Crippen LogP contribution in [0.25, 0.3) is 0 Å². The zero-order valence-corrected chi connectivity index (χ0v) is 15.3. The highest BCUT2D eigenvalue weighted by Gasteiger charge is 2.19. The second-order valence-electron chi connectivity index (χ2n) is 6.95. The molecule has 0 spiro atoms. The van der Waals surface area contributed by atoms with E-state index in [1.165, 1.54) is 0 Å². The summed E-state index contributed by atoms with van der Waals surface area (Å²) in [6.45, 7) is 11.4. The van der Waals surface area contributed by atoms with Crippen molar-refractivity contribution < 1.29 is 4.79 Å². The Labute approximate surface area is 142 Å². The van der Waals surface area contributed by atoms with Gasteiger partial charge in [-0.15, -0.1) is 0 Å². The Bertz CT molecular complexity index is 709. The third-order valence-corrected chi connectivity index (χ3v) is 3.68. The molecule has 0 unspecified atom stereocenters. The van der Waals surface area contributed by atoms with E-state index in [9.17, 15) is 4.79 Å². The Morgan fingerprint density at radius 2 is 1.96 bits per heavy atom. The lowest BCUT2D eigenvalue weighted by Crippen LogP contribution is -2.30. The normalized spacial score (nSPS) is 11.6. The summed E-state index contributed by atoms with van der Waals surface area (Å²) >= 11 is 0. The molecule has 0 saturated carbocycles. The number of urea groups is 1. The number of amides is 2. The molecule has 0 atom stereocenters. The number of hydrogen-bond acceptors (Lipinski definition) is 4. The van der Waals surface area contributed by atoms with E-state index in [1.54, 1.807) is 4.68 Å². The van der Waals surface area contributed by atoms with Crippen molar-refractivity contribution in [2.45, 2.75) is 53.0 Å². The van der Waals surface area contributed by atoms with Gasteiger partial charge in [-0.1, -0.05) is 20.8 Å². The molecule has 2 aromatic heterocycles. The van der Waals surface area contributed by atoms with Crippen LogP contribution in [0.4, 0.5) is 10.6 Å². The number of rotatable bonds is 5. The van der Waals surface area contributed by atoms with Crippen LogP contribution in [-0.2, 0) is 19.0 Å². The summed E-state index contributed by atoms with van der Waals surface area (Å²) < 4.78 is 3.54. The van der Waals surface area contributed by atoms with Gasteiger partial charge in [-0.05, 0) is 20.3 Å². The molecule has 8 nitrogen and oxygen atoms in total. The predicted octanol–water partition coefficient (Wildman–Crippen LogP) is 2.14. The van der Waals surface area contributed by atoms with Crippen molar-refractivity contribution in [3.05, 3.63) is 23.4 Å². The lowest BCUT2D eigenvalue weighted by atomic mass is 9.92. The van der Waals surface area contributed by atoms with Crippen molar-refractivity contribution in [2.75, 3.05) is 11.9 Å². The first-order valence-corrected chi connectivity index (χ1v) is 8.14. The van der Waals surface area contributed by atoms with Crippen LogP contribution in [0.2, 0.25) is 0 Å². The summed E-state index contributed by atoms with van der Waals surface area (Å²) in [5.41, 5.74) is 0.888. The summed E-state index contributed by atoms with van der Waals surface area (Å²) in [4.78, 5) is 16.3. The number of nitrogens with zero attached hydrogens (tertiary/aromatic N) is 5. The fourth-order valence-corrected chi connectivity index (χ4v) is 2.32. The fraction of sp³-hybridized carbons (Fsp3) is 0.625. The number of hydrogen-bond donors (Lipinski definition) is 2. The molecule has 2 N–H and O–H groups in total. The Kier molecular flexibility index (Phi) is 5.26. The standard InChI is InChI=1S/C16H27N7O/c1-11-18-12(2)23(20-11)9-7-8-17-15(24)19-14-10-13(16(3,4)5)21-22(14)6/h10H,7-9H2,1-6H3,(H2,17,19,24). The van der Waals surface area contributed by atoms with Gasteiger partial charge in [0.15, 0.2) is 0 Å². The van der Waals surface area contributed by atoms with E-state index in [1.807, 2.05) is 31.6 Å². The molecule has 0 aliphatic rings. The van der Waals surface area contributed by atoms with Gasteiger partial charge >= 0.3 is 6.03 Å². The van der Waals surface area contributed by atoms with Crippen LogP contribution in [0.15, 0.2) is 6.07 Å². The van der Waals surface area contributed by atoms with Crippen LogP contribution in [0, 0.1) is 13.8 Å². The van der Waals surface area contributed by atoms with E-state index in [2.05, 4.69) is 46.6 Å². The molecule has 24 heavy (non-hydrogen) atoms. The maximum absolute atomic E-state index is 12.0. The van der Waals surface area contributed by atoms with E-state index >= 15 is 0 Å². The molecule has 0 aliphatic heterocycles. The number of aromatic nitrogens is 5. The quantitative estimate of drug-likeness (QED) is 0.820. The van der Waals surface area contributed by atoms with E-state index in [0.29, 0.717) is 12.4 Å². The summed E-state index contributed by atoms with van der Waals surface area (Å²) in [6.07, 6.45) is 0.787. The highest BCUT2D eigenvalue weighted by atomic mass is 16.2. The van der Waals surface area contributed by atoms with Crippen LogP contribution in [0.3, 0.4) is 0 Å². The third-order valence-electron chi connectivity index (χ3n) is 3.68. The summed E-state index contributed by atoms with van der Waals surface area (Å²) in [7, 11) is 1.82. The van der Waals surface area contributed by atoms with Crippen molar-refractivity contribution in [3.63, 3.8) is 0 Å². The molecule has 0 aliphatic carbocycles. The molecule has 2 amide bonds. The average molecular weight is 333 g/mol. The maximum Gasteiger partial charge on any atom is 0.320 e. The highest BCUT2D eigenvalue weighted by Crippen LogP contribution is 2.23. The SMILES string of the molecule is Cc1nc(C)n(CCCNC(=O)Nc2cc(C(C)(C)C)nn2C)n1. The topological polar surface area (TPSA) is 89.7 Å². The van der Waals surface area contributed by atoms with Gasteiger partial charge in [0.05, 0.1) is 5.69 Å². The smallest absolute Gasteiger partial charge is 0.320 e. The van der Waals surface area contributed by atoms with Crippen LogP contribution >= 0.6 is 0 Å². The van der Waals surface area contributed by atoms with Gasteiger partial charge in [-0.2, -0.15) is 10.2 Å². The predicted molar refractivity (Wildman–Crippen MR) is 93.0 cm³/mol. The minimum absolute atomic E-state index is 0.0536. The zero-order valence-electron chi connectivity index (χ0n) is 15.3. The van der Waals surface area contributed by atoms with Gasteiger partial charge in [-0.25, -0.2) is 9.78 Å². The molecule has 8 heteroatoms. The summed E-state index contributed by atoms with van der Waals surface area (Å²) in [6, 6.07) is 1.67. The Morgan fingerprint density at radius 1 is 1.25 bits per heavy atom. The molecule has 0 aromatic carbocycles. The maximum atomic E-state index is 12.0. The molecule has 0 radical (unpaired) electrons. The van der Waals surface area contributed by atoms with Crippen molar-refractivity contribution in [1.29, 1.82) is 0 Å². The fourth-order valence-electron chi connectivity index (χ4n) is 2.32. The molecule has 0 fully saturated rings. The van der Waals surface area contributed by atoms with Crippen LogP contribution < -0.4 is 10.6 Å². The molecule has 2 rings (SSSR count). The largest absolute Gasteiger partial charge is 0.338 e. The third kappa shape index (κ3) is 4.56. The average Bonchev–Trinajstić information content (AvgIpc) is 2.98. The summed E-state index contributed by atoms with van der Waals surface area (Å²) in [5, 5.41) is 14.4. The minimum Gasteiger partial charge on any atom is -0.338 e. The molecule has 0 saturated heterocycles. The Hall–Kier alpha value is -2.38. The van der Waals surface area contributed by atoms with Gasteiger partial charge in [0.25, 0.3) is 0 Å². The van der Waals surface area contributed by atoms with E-state index < -0.39 is 0 Å². The van der Waals surface area contributed by atoms with Gasteiger partial charge in [0, 0.05) is 31.6 Å². The van der Waals surface area contributed by atoms with Crippen molar-refractivity contribution in [2.24, 2.45) is 7.05 Å². The minimum atomic E-state index is -0.232. The van der Waals surface area contributed by atoms with Crippen molar-refractivity contribution in [1.82, 2.24) is 29.9 Å². The number of aryl methyl sites for hydroxylation is 4. The number of carbonyl (C=O) groups excluding carboxylic acids is 1.